The van der Waals surface area contributed by atoms with E-state index in [1.54, 1.807) is 0 Å². The van der Waals surface area contributed by atoms with E-state index in [2.05, 4.69) is 46.9 Å². The third kappa shape index (κ3) is 19.0. The summed E-state index contributed by atoms with van der Waals surface area (Å²) < 4.78 is 0. The lowest BCUT2D eigenvalue weighted by molar-refractivity contribution is -0.383. The van der Waals surface area contributed by atoms with Gasteiger partial charge in [-0.25, -0.2) is 4.79 Å². The van der Waals surface area contributed by atoms with E-state index in [-0.39, 0.29) is 61.0 Å². The zero-order valence-electron chi connectivity index (χ0n) is 32.2. The van der Waals surface area contributed by atoms with Crippen LogP contribution in [0.4, 0.5) is 17.1 Å². The van der Waals surface area contributed by atoms with Crippen LogP contribution in [0, 0.1) is 10.1 Å². The summed E-state index contributed by atoms with van der Waals surface area (Å²) in [5.74, 6) is -7.49. The van der Waals surface area contributed by atoms with Gasteiger partial charge in [-0.2, -0.15) is 0 Å². The number of unbranched alkanes of at least 4 members (excludes halogenated alkanes) is 2. The molecule has 25 nitrogen and oxygen atoms in total. The van der Waals surface area contributed by atoms with E-state index in [0.717, 1.165) is 6.07 Å². The molecule has 0 heterocycles. The van der Waals surface area contributed by atoms with E-state index in [4.69, 9.17) is 17.0 Å². The van der Waals surface area contributed by atoms with Crippen LogP contribution in [-0.2, 0) is 40.0 Å². The number of nitrogens with zero attached hydrogens (tertiary/aromatic N) is 5. The Morgan fingerprint density at radius 2 is 1.48 bits per heavy atom. The highest BCUT2D eigenvalue weighted by Gasteiger charge is 2.29. The number of nitro benzene ring substituents is 1. The number of nitro groups is 1. The number of hydrogen-bond acceptors (Lipinski definition) is 13. The van der Waals surface area contributed by atoms with Crippen LogP contribution < -0.4 is 43.4 Å². The molecule has 3 atom stereocenters. The van der Waals surface area contributed by atoms with Crippen molar-refractivity contribution >= 4 is 64.5 Å². The maximum Gasteiger partial charge on any atom is 0.326 e. The number of azide groups is 1. The first kappa shape index (κ1) is 48.5. The molecule has 0 aliphatic heterocycles. The fourth-order valence-electron chi connectivity index (χ4n) is 5.29. The van der Waals surface area contributed by atoms with Gasteiger partial charge in [0, 0.05) is 42.6 Å². The largest absolute Gasteiger partial charge is 0.508 e. The van der Waals surface area contributed by atoms with Crippen LogP contribution in [0.15, 0.2) is 52.6 Å². The Balaban J connectivity index is 1.89. The quantitative estimate of drug-likeness (QED) is 0.00808. The molecule has 2 rings (SSSR count). The van der Waals surface area contributed by atoms with E-state index >= 15 is 0 Å². The number of aliphatic carboxylic acids is 2. The summed E-state index contributed by atoms with van der Waals surface area (Å²) in [4.78, 5) is 104. The Kier molecular flexibility index (Phi) is 20.6. The Morgan fingerprint density at radius 1 is 0.817 bits per heavy atom. The number of rotatable bonds is 27. The molecule has 0 spiro atoms. The van der Waals surface area contributed by atoms with Gasteiger partial charge in [-0.3, -0.25) is 43.9 Å². The van der Waals surface area contributed by atoms with Gasteiger partial charge in [-0.1, -0.05) is 29.7 Å². The second kappa shape index (κ2) is 25.5. The molecular formula is C35H47N13O12. The van der Waals surface area contributed by atoms with E-state index in [1.807, 2.05) is 0 Å². The lowest BCUT2D eigenvalue weighted by Gasteiger charge is -2.21. The van der Waals surface area contributed by atoms with E-state index in [1.165, 1.54) is 36.4 Å². The van der Waals surface area contributed by atoms with Crippen molar-refractivity contribution in [3.63, 3.8) is 0 Å². The van der Waals surface area contributed by atoms with Gasteiger partial charge in [0.1, 0.15) is 29.6 Å². The van der Waals surface area contributed by atoms with Crippen molar-refractivity contribution < 1.29 is 53.8 Å². The van der Waals surface area contributed by atoms with Crippen molar-refractivity contribution in [1.29, 1.82) is 0 Å². The average molecular weight is 842 g/mol. The number of amides is 5. The van der Waals surface area contributed by atoms with Gasteiger partial charge < -0.3 is 58.7 Å². The first-order chi connectivity index (χ1) is 28.5. The molecule has 2 aromatic rings. The van der Waals surface area contributed by atoms with Gasteiger partial charge in [-0.05, 0) is 55.0 Å². The zero-order valence-corrected chi connectivity index (χ0v) is 32.2. The van der Waals surface area contributed by atoms with Gasteiger partial charge in [0.15, 0.2) is 5.96 Å². The standard InChI is InChI=1S/C35H47N13O12/c36-35(37)40-14-4-5-24(43-29(51)18-41-28(50)6-2-1-3-13-39-23-12-9-21(46-47-38)16-27(23)48(59)60)32(55)42-19-30(52)44-25(17-31(53)54)33(56)45-26(34(57)58)15-20-7-10-22(49)11-8-20/h7-12,16,24-26,39,49H,1-6,13-15,17-19H2,(H,41,50)(H,42,55)(H,43,51)(H,44,52)(H,45,56)(H,53,54)(H,57,58)(H4,36,37,40)/t24-,25-,26-/m0/s1. The van der Waals surface area contributed by atoms with Crippen molar-refractivity contribution in [3.8, 4) is 5.75 Å². The van der Waals surface area contributed by atoms with Crippen molar-refractivity contribution in [2.45, 2.75) is 69.5 Å². The number of anilines is 1. The SMILES string of the molecule is [N-]=[N+]=Nc1ccc(NCCCCCC(=O)NCC(=O)N[C@@H](CCCN=C(N)N)C(=O)NCC(=O)N[C@@H](CC(=O)O)C(=O)N[C@@H](Cc2ccc(O)cc2)C(=O)O)c([N+](=O)[O-])c1. The minimum atomic E-state index is -1.75. The minimum Gasteiger partial charge on any atom is -0.508 e. The maximum atomic E-state index is 13.1. The number of carbonyl (C=O) groups is 7. The average Bonchev–Trinajstić information content (AvgIpc) is 3.18. The summed E-state index contributed by atoms with van der Waals surface area (Å²) in [5, 5.41) is 57.5. The fourth-order valence-corrected chi connectivity index (χ4v) is 5.29. The summed E-state index contributed by atoms with van der Waals surface area (Å²) >= 11 is 0. The minimum absolute atomic E-state index is 0.0271. The summed E-state index contributed by atoms with van der Waals surface area (Å²) in [5.41, 5.74) is 19.7. The van der Waals surface area contributed by atoms with Gasteiger partial charge in [0.2, 0.25) is 29.5 Å². The van der Waals surface area contributed by atoms with Crippen LogP contribution in [0.25, 0.3) is 10.4 Å². The summed E-state index contributed by atoms with van der Waals surface area (Å²) in [6.45, 7) is -0.880. The molecule has 0 saturated heterocycles. The van der Waals surface area contributed by atoms with Crippen molar-refractivity contribution in [2.24, 2.45) is 21.6 Å². The van der Waals surface area contributed by atoms with Crippen LogP contribution in [0.5, 0.6) is 5.75 Å². The molecule has 25 heteroatoms. The molecule has 60 heavy (non-hydrogen) atoms. The number of aliphatic imine (C=N–C) groups is 1. The van der Waals surface area contributed by atoms with Crippen LogP contribution in [0.2, 0.25) is 0 Å². The van der Waals surface area contributed by atoms with Crippen LogP contribution >= 0.6 is 0 Å². The Hall–Kier alpha value is -7.69. The first-order valence-corrected chi connectivity index (χ1v) is 18.3. The first-order valence-electron chi connectivity index (χ1n) is 18.3. The number of aromatic hydroxyl groups is 1. The van der Waals surface area contributed by atoms with Crippen molar-refractivity contribution in [2.75, 3.05) is 31.5 Å². The maximum absolute atomic E-state index is 13.1. The molecule has 0 radical (unpaired) electrons. The molecule has 13 N–H and O–H groups in total. The third-order valence-corrected chi connectivity index (χ3v) is 8.22. The third-order valence-electron chi connectivity index (χ3n) is 8.22. The van der Waals surface area contributed by atoms with Gasteiger partial charge in [0.05, 0.1) is 24.4 Å². The molecule has 0 fully saturated rings. The fraction of sp³-hybridized carbons (Fsp3) is 0.429. The normalized spacial score (nSPS) is 11.9. The number of nitrogens with two attached hydrogens (primary N) is 2. The number of carboxylic acid groups (broad SMARTS) is 2. The summed E-state index contributed by atoms with van der Waals surface area (Å²) in [6, 6.07) is 4.91. The molecule has 324 valence electrons. The Labute approximate surface area is 341 Å². The molecule has 2 aromatic carbocycles. The van der Waals surface area contributed by atoms with Crippen LogP contribution in [0.1, 0.15) is 50.5 Å². The van der Waals surface area contributed by atoms with Crippen molar-refractivity contribution in [1.82, 2.24) is 26.6 Å². The van der Waals surface area contributed by atoms with Gasteiger partial charge in [-0.15, -0.1) is 0 Å². The highest BCUT2D eigenvalue weighted by molar-refractivity contribution is 5.95. The number of phenolic OH excluding ortho intramolecular Hbond substituents is 1. The number of benzene rings is 2. The topological polar surface area (TPSA) is 409 Å². The van der Waals surface area contributed by atoms with Gasteiger partial charge >= 0.3 is 11.9 Å². The summed E-state index contributed by atoms with van der Waals surface area (Å²) in [6.07, 6.45) is 0.539. The zero-order chi connectivity index (χ0) is 44.6. The number of guanidine groups is 1. The second-order valence-electron chi connectivity index (χ2n) is 12.9. The molecule has 0 saturated carbocycles. The van der Waals surface area contributed by atoms with Crippen LogP contribution in [-0.4, -0.2) is 112 Å². The number of nitrogens with one attached hydrogen (secondary N) is 6. The monoisotopic (exact) mass is 841 g/mol. The van der Waals surface area contributed by atoms with E-state index in [0.29, 0.717) is 31.4 Å². The predicted octanol–water partition coefficient (Wildman–Crippen LogP) is -0.243. The molecule has 0 aliphatic carbocycles. The molecule has 0 aliphatic rings. The predicted molar refractivity (Wildman–Crippen MR) is 212 cm³/mol. The molecule has 5 amide bonds. The number of hydrogen-bond donors (Lipinski definition) is 11. The number of carbonyl (C=O) groups excluding carboxylic acids is 5. The molecular weight excluding hydrogens is 794 g/mol. The van der Waals surface area contributed by atoms with Crippen LogP contribution in [0.3, 0.4) is 0 Å². The molecule has 0 bridgehead atoms. The summed E-state index contributed by atoms with van der Waals surface area (Å²) in [7, 11) is 0. The van der Waals surface area contributed by atoms with Gasteiger partial charge in [0.25, 0.3) is 5.69 Å². The van der Waals surface area contributed by atoms with E-state index < -0.39 is 84.0 Å². The Morgan fingerprint density at radius 3 is 2.10 bits per heavy atom. The Bertz CT molecular complexity index is 1930. The number of phenols is 1. The number of carboxylic acids is 2. The lowest BCUT2D eigenvalue weighted by atomic mass is 10.0. The molecule has 0 aromatic heterocycles. The highest BCUT2D eigenvalue weighted by atomic mass is 16.6. The molecule has 0 unspecified atom stereocenters. The van der Waals surface area contributed by atoms with Crippen molar-refractivity contribution in [3.05, 3.63) is 68.6 Å². The second-order valence-corrected chi connectivity index (χ2v) is 12.9. The van der Waals surface area contributed by atoms with E-state index in [9.17, 15) is 59.0 Å². The smallest absolute Gasteiger partial charge is 0.326 e. The lowest BCUT2D eigenvalue weighted by Crippen LogP contribution is -2.55. The highest BCUT2D eigenvalue weighted by Crippen LogP contribution is 2.29.